The number of para-hydroxylation sites is 1. The van der Waals surface area contributed by atoms with Crippen molar-refractivity contribution in [1.82, 2.24) is 15.2 Å². The molecule has 5 aromatic rings. The molecule has 0 saturated carbocycles. The second-order valence-electron chi connectivity index (χ2n) is 8.36. The summed E-state index contributed by atoms with van der Waals surface area (Å²) in [7, 11) is 0. The number of carbonyl (C=O) groups is 1. The number of nitrogens with zero attached hydrogens (tertiary/aromatic N) is 3. The Morgan fingerprint density at radius 1 is 0.947 bits per heavy atom. The molecule has 188 valence electrons. The molecule has 8 heteroatoms. The number of hydrogen-bond donors (Lipinski definition) is 1. The lowest BCUT2D eigenvalue weighted by molar-refractivity contribution is 0.0955. The number of carbonyl (C=O) groups excluding carboxylic acids is 1. The van der Waals surface area contributed by atoms with E-state index in [-0.39, 0.29) is 5.91 Å². The van der Waals surface area contributed by atoms with Gasteiger partial charge in [0.15, 0.2) is 0 Å². The molecular weight excluding hydrogens is 564 g/mol. The van der Waals surface area contributed by atoms with Crippen LogP contribution in [0.4, 0.5) is 0 Å². The van der Waals surface area contributed by atoms with Crippen LogP contribution in [-0.4, -0.2) is 21.9 Å². The maximum absolute atomic E-state index is 12.7. The lowest BCUT2D eigenvalue weighted by Gasteiger charge is -2.07. The minimum Gasteiger partial charge on any atom is -0.489 e. The third-order valence-corrected chi connectivity index (χ3v) is 6.47. The average Bonchev–Trinajstić information content (AvgIpc) is 3.38. The van der Waals surface area contributed by atoms with Crippen molar-refractivity contribution in [3.8, 4) is 22.7 Å². The van der Waals surface area contributed by atoms with Gasteiger partial charge in [-0.15, -0.1) is 0 Å². The Kier molecular flexibility index (Phi) is 7.97. The molecule has 1 aromatic heterocycles. The molecule has 0 atom stereocenters. The van der Waals surface area contributed by atoms with Crippen LogP contribution >= 0.6 is 27.5 Å². The highest BCUT2D eigenvalue weighted by Crippen LogP contribution is 2.24. The van der Waals surface area contributed by atoms with Crippen LogP contribution in [0.3, 0.4) is 0 Å². The summed E-state index contributed by atoms with van der Waals surface area (Å²) < 4.78 is 8.53. The van der Waals surface area contributed by atoms with Crippen molar-refractivity contribution in [2.45, 2.75) is 6.61 Å². The quantitative estimate of drug-likeness (QED) is 0.153. The summed E-state index contributed by atoms with van der Waals surface area (Å²) in [5.41, 5.74) is 7.42. The second-order valence-corrected chi connectivity index (χ2v) is 9.71. The fourth-order valence-corrected chi connectivity index (χ4v) is 4.09. The Labute approximate surface area is 233 Å². The fraction of sp³-hybridized carbons (Fsp3) is 0.0333. The van der Waals surface area contributed by atoms with Gasteiger partial charge in [0.1, 0.15) is 18.1 Å². The SMILES string of the molecule is O=C(N/N=C/c1cn(-c2ccccc2)nc1-c1ccc(Br)cc1)c1ccc(COc2ccc(Cl)cc2)cc1. The van der Waals surface area contributed by atoms with Gasteiger partial charge in [0.25, 0.3) is 5.91 Å². The van der Waals surface area contributed by atoms with Crippen LogP contribution in [-0.2, 0) is 6.61 Å². The third-order valence-electron chi connectivity index (χ3n) is 5.69. The van der Waals surface area contributed by atoms with Crippen molar-refractivity contribution >= 4 is 39.7 Å². The van der Waals surface area contributed by atoms with Gasteiger partial charge < -0.3 is 4.74 Å². The van der Waals surface area contributed by atoms with E-state index in [1.54, 1.807) is 35.2 Å². The largest absolute Gasteiger partial charge is 0.489 e. The molecule has 0 bridgehead atoms. The van der Waals surface area contributed by atoms with Gasteiger partial charge >= 0.3 is 0 Å². The highest BCUT2D eigenvalue weighted by Gasteiger charge is 2.12. The average molecular weight is 586 g/mol. The number of aromatic nitrogens is 2. The highest BCUT2D eigenvalue weighted by molar-refractivity contribution is 9.10. The highest BCUT2D eigenvalue weighted by atomic mass is 79.9. The topological polar surface area (TPSA) is 68.5 Å². The van der Waals surface area contributed by atoms with E-state index in [9.17, 15) is 4.79 Å². The summed E-state index contributed by atoms with van der Waals surface area (Å²) in [6.07, 6.45) is 3.49. The number of hydrazone groups is 1. The molecule has 0 saturated heterocycles. The van der Waals surface area contributed by atoms with E-state index in [0.717, 1.165) is 38.3 Å². The lowest BCUT2D eigenvalue weighted by atomic mass is 10.1. The zero-order valence-electron chi connectivity index (χ0n) is 20.1. The van der Waals surface area contributed by atoms with Crippen LogP contribution in [0.2, 0.25) is 5.02 Å². The molecule has 0 aliphatic heterocycles. The summed E-state index contributed by atoms with van der Waals surface area (Å²) in [4.78, 5) is 12.7. The number of benzene rings is 4. The van der Waals surface area contributed by atoms with Crippen LogP contribution in [0.1, 0.15) is 21.5 Å². The number of ether oxygens (including phenoxy) is 1. The first-order valence-corrected chi connectivity index (χ1v) is 12.9. The van der Waals surface area contributed by atoms with E-state index in [1.165, 1.54) is 0 Å². The normalized spacial score (nSPS) is 11.0. The minimum absolute atomic E-state index is 0.313. The van der Waals surface area contributed by atoms with Gasteiger partial charge in [-0.3, -0.25) is 4.79 Å². The maximum atomic E-state index is 12.7. The number of rotatable bonds is 8. The van der Waals surface area contributed by atoms with Crippen LogP contribution in [0, 0.1) is 0 Å². The summed E-state index contributed by atoms with van der Waals surface area (Å²) in [6.45, 7) is 0.381. The summed E-state index contributed by atoms with van der Waals surface area (Å²) in [6, 6.07) is 32.1. The third kappa shape index (κ3) is 6.37. The fourth-order valence-electron chi connectivity index (χ4n) is 3.70. The monoisotopic (exact) mass is 584 g/mol. The molecule has 6 nitrogen and oxygen atoms in total. The van der Waals surface area contributed by atoms with Crippen molar-refractivity contribution in [3.05, 3.63) is 136 Å². The molecule has 1 amide bonds. The number of hydrogen-bond acceptors (Lipinski definition) is 4. The second kappa shape index (κ2) is 11.9. The molecule has 0 unspecified atom stereocenters. The summed E-state index contributed by atoms with van der Waals surface area (Å²) in [5, 5.41) is 9.64. The predicted molar refractivity (Wildman–Crippen MR) is 154 cm³/mol. The Bertz CT molecular complexity index is 1550. The Balaban J connectivity index is 1.27. The van der Waals surface area contributed by atoms with Crippen molar-refractivity contribution in [1.29, 1.82) is 0 Å². The van der Waals surface area contributed by atoms with Crippen LogP contribution < -0.4 is 10.2 Å². The first-order chi connectivity index (χ1) is 18.5. The van der Waals surface area contributed by atoms with E-state index in [4.69, 9.17) is 21.4 Å². The molecule has 0 fully saturated rings. The Morgan fingerprint density at radius 3 is 2.37 bits per heavy atom. The molecule has 0 aliphatic carbocycles. The zero-order chi connectivity index (χ0) is 26.3. The lowest BCUT2D eigenvalue weighted by Crippen LogP contribution is -2.17. The first kappa shape index (κ1) is 25.4. The molecule has 0 radical (unpaired) electrons. The Hall–Kier alpha value is -4.20. The van der Waals surface area contributed by atoms with Gasteiger partial charge in [0.05, 0.1) is 11.9 Å². The van der Waals surface area contributed by atoms with E-state index in [1.807, 2.05) is 85.1 Å². The molecule has 4 aromatic carbocycles. The van der Waals surface area contributed by atoms with Gasteiger partial charge in [-0.1, -0.05) is 70.0 Å². The van der Waals surface area contributed by atoms with E-state index >= 15 is 0 Å². The standard InChI is InChI=1S/C30H22BrClN4O2/c31-25-12-10-22(11-13-25)29-24(19-36(35-29)27-4-2-1-3-5-27)18-33-34-30(37)23-8-6-21(7-9-23)20-38-28-16-14-26(32)15-17-28/h1-19H,20H2,(H,34,37)/b33-18+. The minimum atomic E-state index is -0.313. The van der Waals surface area contributed by atoms with Crippen molar-refractivity contribution in [2.75, 3.05) is 0 Å². The van der Waals surface area contributed by atoms with Crippen LogP contribution in [0.5, 0.6) is 5.75 Å². The molecule has 0 aliphatic rings. The number of amides is 1. The van der Waals surface area contributed by atoms with E-state index in [0.29, 0.717) is 17.2 Å². The maximum Gasteiger partial charge on any atom is 0.271 e. The molecule has 1 heterocycles. The number of halogens is 2. The molecular formula is C30H22BrClN4O2. The van der Waals surface area contributed by atoms with E-state index in [2.05, 4.69) is 26.5 Å². The van der Waals surface area contributed by atoms with Gasteiger partial charge in [-0.05, 0) is 66.2 Å². The summed E-state index contributed by atoms with van der Waals surface area (Å²) >= 11 is 9.38. The van der Waals surface area contributed by atoms with Gasteiger partial charge in [-0.25, -0.2) is 10.1 Å². The first-order valence-electron chi connectivity index (χ1n) is 11.8. The van der Waals surface area contributed by atoms with Gasteiger partial charge in [0.2, 0.25) is 0 Å². The predicted octanol–water partition coefficient (Wildman–Crippen LogP) is 7.30. The van der Waals surface area contributed by atoms with Gasteiger partial charge in [-0.2, -0.15) is 10.2 Å². The van der Waals surface area contributed by atoms with Crippen LogP contribution in [0.25, 0.3) is 16.9 Å². The molecule has 38 heavy (non-hydrogen) atoms. The van der Waals surface area contributed by atoms with Crippen molar-refractivity contribution < 1.29 is 9.53 Å². The van der Waals surface area contributed by atoms with E-state index < -0.39 is 0 Å². The zero-order valence-corrected chi connectivity index (χ0v) is 22.4. The summed E-state index contributed by atoms with van der Waals surface area (Å²) in [5.74, 6) is 0.413. The molecule has 5 rings (SSSR count). The van der Waals surface area contributed by atoms with Gasteiger partial charge in [0, 0.05) is 32.4 Å². The Morgan fingerprint density at radius 2 is 1.66 bits per heavy atom. The van der Waals surface area contributed by atoms with Crippen molar-refractivity contribution in [3.63, 3.8) is 0 Å². The molecule has 0 spiro atoms. The van der Waals surface area contributed by atoms with Crippen molar-refractivity contribution in [2.24, 2.45) is 5.10 Å². The molecule has 1 N–H and O–H groups in total. The van der Waals surface area contributed by atoms with Crippen LogP contribution in [0.15, 0.2) is 119 Å². The smallest absolute Gasteiger partial charge is 0.271 e. The number of nitrogens with one attached hydrogen (secondary N) is 1.